The van der Waals surface area contributed by atoms with E-state index in [4.69, 9.17) is 9.72 Å². The summed E-state index contributed by atoms with van der Waals surface area (Å²) in [6.07, 6.45) is 3.79. The van der Waals surface area contributed by atoms with Crippen molar-refractivity contribution in [3.63, 3.8) is 0 Å². The minimum Gasteiger partial charge on any atom is -0.378 e. The number of hydrogen-bond donors (Lipinski definition) is 0. The maximum absolute atomic E-state index is 13.4. The average Bonchev–Trinajstić information content (AvgIpc) is 3.64. The van der Waals surface area contributed by atoms with Gasteiger partial charge in [0.1, 0.15) is 0 Å². The number of benzene rings is 1. The van der Waals surface area contributed by atoms with Crippen LogP contribution in [0.5, 0.6) is 0 Å². The average molecular weight is 393 g/mol. The number of aromatic nitrogens is 1. The van der Waals surface area contributed by atoms with Gasteiger partial charge in [0.25, 0.3) is 5.91 Å². The van der Waals surface area contributed by atoms with Crippen molar-refractivity contribution in [1.29, 1.82) is 0 Å². The number of para-hydroxylation sites is 1. The van der Waals surface area contributed by atoms with E-state index in [0.717, 1.165) is 47.8 Å². The Kier molecular flexibility index (Phi) is 4.96. The molecular formula is C23H27N3O3. The van der Waals surface area contributed by atoms with E-state index in [9.17, 15) is 9.59 Å². The number of likely N-dealkylation sites (tertiary alicyclic amines) is 1. The van der Waals surface area contributed by atoms with Crippen molar-refractivity contribution in [2.75, 3.05) is 39.4 Å². The highest BCUT2D eigenvalue weighted by atomic mass is 16.5. The smallest absolute Gasteiger partial charge is 0.254 e. The van der Waals surface area contributed by atoms with Crippen molar-refractivity contribution in [2.24, 2.45) is 5.92 Å². The van der Waals surface area contributed by atoms with Crippen LogP contribution in [-0.2, 0) is 9.53 Å². The minimum atomic E-state index is 0.0216. The monoisotopic (exact) mass is 393 g/mol. The standard InChI is InChI=1S/C23H27N3O3/c27-22(26-11-13-29-14-12-26)17-7-9-25(10-8-17)23(28)19-15-21(16-5-6-16)24-20-4-2-1-3-18(19)20/h1-4,15-17H,5-14H2. The fourth-order valence-electron chi connectivity index (χ4n) is 4.50. The molecule has 3 fully saturated rings. The van der Waals surface area contributed by atoms with Gasteiger partial charge in [-0.15, -0.1) is 0 Å². The molecule has 6 nitrogen and oxygen atoms in total. The van der Waals surface area contributed by atoms with Crippen LogP contribution in [-0.4, -0.2) is 66.0 Å². The van der Waals surface area contributed by atoms with Crippen LogP contribution in [0.25, 0.3) is 10.9 Å². The highest BCUT2D eigenvalue weighted by Gasteiger charge is 2.32. The van der Waals surface area contributed by atoms with E-state index in [0.29, 0.717) is 45.3 Å². The highest BCUT2D eigenvalue weighted by Crippen LogP contribution is 2.40. The van der Waals surface area contributed by atoms with Crippen molar-refractivity contribution >= 4 is 22.7 Å². The first kappa shape index (κ1) is 18.6. The van der Waals surface area contributed by atoms with Gasteiger partial charge in [0, 0.05) is 49.1 Å². The molecule has 0 bridgehead atoms. The number of carbonyl (C=O) groups is 2. The summed E-state index contributed by atoms with van der Waals surface area (Å²) >= 11 is 0. The Morgan fingerprint density at radius 1 is 0.931 bits per heavy atom. The Hall–Kier alpha value is -2.47. The van der Waals surface area contributed by atoms with Crippen LogP contribution >= 0.6 is 0 Å². The van der Waals surface area contributed by atoms with Gasteiger partial charge in [0.2, 0.25) is 5.91 Å². The van der Waals surface area contributed by atoms with E-state index in [1.54, 1.807) is 0 Å². The molecule has 0 radical (unpaired) electrons. The number of amides is 2. The van der Waals surface area contributed by atoms with Crippen LogP contribution in [0.4, 0.5) is 0 Å². The zero-order valence-electron chi connectivity index (χ0n) is 16.7. The summed E-state index contributed by atoms with van der Waals surface area (Å²) in [5.74, 6) is 0.824. The third-order valence-electron chi connectivity index (χ3n) is 6.42. The Morgan fingerprint density at radius 3 is 2.38 bits per heavy atom. The van der Waals surface area contributed by atoms with Crippen molar-refractivity contribution in [1.82, 2.24) is 14.8 Å². The quantitative estimate of drug-likeness (QED) is 0.805. The second kappa shape index (κ2) is 7.75. The topological polar surface area (TPSA) is 62.7 Å². The predicted octanol–water partition coefficient (Wildman–Crippen LogP) is 2.82. The van der Waals surface area contributed by atoms with Crippen LogP contribution in [0.15, 0.2) is 30.3 Å². The Morgan fingerprint density at radius 2 is 1.66 bits per heavy atom. The first-order valence-electron chi connectivity index (χ1n) is 10.8. The predicted molar refractivity (Wildman–Crippen MR) is 110 cm³/mol. The van der Waals surface area contributed by atoms with E-state index in [-0.39, 0.29) is 17.7 Å². The SMILES string of the molecule is O=C(c1cc(C2CC2)nc2ccccc12)N1CCC(C(=O)N2CCOCC2)CC1. The molecule has 1 aromatic heterocycles. The minimum absolute atomic E-state index is 0.0216. The normalized spacial score (nSPS) is 20.8. The molecule has 1 aliphatic carbocycles. The largest absolute Gasteiger partial charge is 0.378 e. The van der Waals surface area contributed by atoms with Gasteiger partial charge in [-0.1, -0.05) is 18.2 Å². The van der Waals surface area contributed by atoms with Gasteiger partial charge in [0.15, 0.2) is 0 Å². The molecule has 0 spiro atoms. The first-order chi connectivity index (χ1) is 14.2. The second-order valence-electron chi connectivity index (χ2n) is 8.39. The molecule has 2 amide bonds. The molecule has 5 rings (SSSR count). The van der Waals surface area contributed by atoms with Crippen LogP contribution in [0.1, 0.15) is 47.7 Å². The number of nitrogens with zero attached hydrogens (tertiary/aromatic N) is 3. The van der Waals surface area contributed by atoms with Crippen molar-refractivity contribution in [3.05, 3.63) is 41.6 Å². The summed E-state index contributed by atoms with van der Waals surface area (Å²) < 4.78 is 5.35. The fraction of sp³-hybridized carbons (Fsp3) is 0.522. The lowest BCUT2D eigenvalue weighted by molar-refractivity contribution is -0.141. The molecule has 1 aromatic carbocycles. The maximum atomic E-state index is 13.4. The van der Waals surface area contributed by atoms with Gasteiger partial charge in [-0.25, -0.2) is 0 Å². The third kappa shape index (κ3) is 3.73. The number of hydrogen-bond acceptors (Lipinski definition) is 4. The van der Waals surface area contributed by atoms with Crippen molar-refractivity contribution in [2.45, 2.75) is 31.6 Å². The number of pyridine rings is 1. The van der Waals surface area contributed by atoms with Gasteiger partial charge >= 0.3 is 0 Å². The molecule has 2 aliphatic heterocycles. The second-order valence-corrected chi connectivity index (χ2v) is 8.39. The summed E-state index contributed by atoms with van der Waals surface area (Å²) in [5, 5.41) is 0.924. The molecule has 3 aliphatic rings. The molecule has 152 valence electrons. The fourth-order valence-corrected chi connectivity index (χ4v) is 4.50. The third-order valence-corrected chi connectivity index (χ3v) is 6.42. The van der Waals surface area contributed by atoms with Crippen molar-refractivity contribution < 1.29 is 14.3 Å². The summed E-state index contributed by atoms with van der Waals surface area (Å²) in [6.45, 7) is 3.89. The van der Waals surface area contributed by atoms with Gasteiger partial charge in [-0.05, 0) is 37.8 Å². The number of morpholine rings is 1. The summed E-state index contributed by atoms with van der Waals surface area (Å²) in [6, 6.07) is 9.92. The summed E-state index contributed by atoms with van der Waals surface area (Å²) in [7, 11) is 0. The maximum Gasteiger partial charge on any atom is 0.254 e. The Bertz CT molecular complexity index is 926. The first-order valence-corrected chi connectivity index (χ1v) is 10.8. The number of piperidine rings is 1. The number of ether oxygens (including phenoxy) is 1. The molecular weight excluding hydrogens is 366 g/mol. The number of rotatable bonds is 3. The lowest BCUT2D eigenvalue weighted by Gasteiger charge is -2.35. The lowest BCUT2D eigenvalue weighted by Crippen LogP contribution is -2.47. The van der Waals surface area contributed by atoms with Crippen LogP contribution in [0, 0.1) is 5.92 Å². The summed E-state index contributed by atoms with van der Waals surface area (Å²) in [5.41, 5.74) is 2.71. The number of carbonyl (C=O) groups excluding carboxylic acids is 2. The molecule has 29 heavy (non-hydrogen) atoms. The number of fused-ring (bicyclic) bond motifs is 1. The molecule has 2 saturated heterocycles. The molecule has 1 saturated carbocycles. The zero-order chi connectivity index (χ0) is 19.8. The van der Waals surface area contributed by atoms with Crippen molar-refractivity contribution in [3.8, 4) is 0 Å². The van der Waals surface area contributed by atoms with Gasteiger partial charge in [-0.2, -0.15) is 0 Å². The van der Waals surface area contributed by atoms with Gasteiger partial charge in [0.05, 0.1) is 24.3 Å². The van der Waals surface area contributed by atoms with Crippen LogP contribution < -0.4 is 0 Å². The van der Waals surface area contributed by atoms with E-state index in [2.05, 4.69) is 0 Å². The van der Waals surface area contributed by atoms with Gasteiger partial charge < -0.3 is 14.5 Å². The van der Waals surface area contributed by atoms with Gasteiger partial charge in [-0.3, -0.25) is 14.6 Å². The highest BCUT2D eigenvalue weighted by molar-refractivity contribution is 6.06. The molecule has 2 aromatic rings. The van der Waals surface area contributed by atoms with E-state index >= 15 is 0 Å². The van der Waals surface area contributed by atoms with E-state index in [1.165, 1.54) is 0 Å². The molecule has 0 unspecified atom stereocenters. The summed E-state index contributed by atoms with van der Waals surface area (Å²) in [4.78, 5) is 34.8. The lowest BCUT2D eigenvalue weighted by atomic mass is 9.94. The molecule has 3 heterocycles. The van der Waals surface area contributed by atoms with E-state index < -0.39 is 0 Å². The van der Waals surface area contributed by atoms with Crippen LogP contribution in [0.2, 0.25) is 0 Å². The molecule has 0 atom stereocenters. The Labute approximate surface area is 170 Å². The zero-order valence-corrected chi connectivity index (χ0v) is 16.7. The molecule has 0 N–H and O–H groups in total. The van der Waals surface area contributed by atoms with Crippen LogP contribution in [0.3, 0.4) is 0 Å². The Balaban J connectivity index is 1.31. The molecule has 6 heteroatoms. The van der Waals surface area contributed by atoms with E-state index in [1.807, 2.05) is 40.1 Å².